The molecule has 8 heavy (non-hydrogen) atoms. The molecule has 0 fully saturated rings. The van der Waals surface area contributed by atoms with Crippen LogP contribution in [-0.2, 0) is 58.2 Å². The molecule has 0 heterocycles. The summed E-state index contributed by atoms with van der Waals surface area (Å²) < 4.78 is 8.55. The average molecular weight is 271 g/mol. The molecule has 0 aliphatic carbocycles. The van der Waals surface area contributed by atoms with Crippen molar-refractivity contribution >= 4 is 7.82 Å². The van der Waals surface area contributed by atoms with E-state index in [0.717, 1.165) is 0 Å². The second kappa shape index (κ2) is 8.77. The summed E-state index contributed by atoms with van der Waals surface area (Å²) in [5.74, 6) is 0. The van der Waals surface area contributed by atoms with E-state index in [1.807, 2.05) is 0 Å². The van der Waals surface area contributed by atoms with E-state index in [1.54, 1.807) is 0 Å². The summed E-state index contributed by atoms with van der Waals surface area (Å²) in [4.78, 5) is 25.6. The van der Waals surface area contributed by atoms with Crippen LogP contribution >= 0.6 is 7.82 Å². The molecule has 0 rings (SSSR count). The third-order valence-corrected chi connectivity index (χ3v) is 0. The molecule has 0 bridgehead atoms. The van der Waals surface area contributed by atoms with Crippen molar-refractivity contribution in [3.05, 3.63) is 0 Å². The largest absolute Gasteiger partial charge is 2.00 e. The summed E-state index contributed by atoms with van der Waals surface area (Å²) >= 11 is 0. The summed E-state index contributed by atoms with van der Waals surface area (Å²) in [6.07, 6.45) is 0. The maximum absolute atomic E-state index is 8.55. The maximum Gasteiger partial charge on any atom is 2.00 e. The van der Waals surface area contributed by atoms with E-state index in [9.17, 15) is 0 Å². The van der Waals surface area contributed by atoms with Gasteiger partial charge in [0.2, 0.25) is 0 Å². The Hall–Kier alpha value is 1.77. The van der Waals surface area contributed by atoms with E-state index in [2.05, 4.69) is 0 Å². The van der Waals surface area contributed by atoms with Crippen molar-refractivity contribution in [2.24, 2.45) is 0 Å². The normalized spacial score (nSPS) is 7.38. The summed E-state index contributed by atoms with van der Waals surface area (Å²) in [5.41, 5.74) is 0. The smallest absolute Gasteiger partial charge is 0.822 e. The average Bonchev–Trinajstić information content (AvgIpc) is 0.722. The van der Waals surface area contributed by atoms with Crippen molar-refractivity contribution in [1.29, 1.82) is 0 Å². The minimum Gasteiger partial charge on any atom is -0.822 e. The second-order valence-electron chi connectivity index (χ2n) is 0.447. The molecule has 1 radical (unpaired) electrons. The second-order valence-corrected chi connectivity index (χ2v) is 1.34. The van der Waals surface area contributed by atoms with Gasteiger partial charge in [-0.15, -0.1) is 0 Å². The Labute approximate surface area is 80.4 Å². The first-order chi connectivity index (χ1) is 2.00. The zero-order chi connectivity index (χ0) is 4.50. The molecule has 0 aromatic rings. The van der Waals surface area contributed by atoms with Gasteiger partial charge in [0.15, 0.2) is 0 Å². The van der Waals surface area contributed by atoms with Gasteiger partial charge in [0.25, 0.3) is 0 Å². The summed E-state index contributed by atoms with van der Waals surface area (Å²) in [7, 11) is -5.39. The van der Waals surface area contributed by atoms with Crippen LogP contribution < -0.4 is 14.7 Å². The van der Waals surface area contributed by atoms with Crippen molar-refractivity contribution in [3.63, 3.8) is 0 Å². The molecule has 0 saturated heterocycles. The molecule has 0 atom stereocenters. The zero-order valence-corrected chi connectivity index (χ0v) is 9.66. The van der Waals surface area contributed by atoms with Gasteiger partial charge in [-0.3, -0.25) is 0 Å². The van der Waals surface area contributed by atoms with Crippen LogP contribution in [0.15, 0.2) is 0 Å². The van der Waals surface area contributed by atoms with Gasteiger partial charge in [-0.05, 0) is 0 Å². The number of hydrogen-bond donors (Lipinski definition) is 0. The molecule has 0 aromatic heterocycles. The minimum atomic E-state index is -5.39. The molecule has 43 valence electrons. The zero-order valence-electron chi connectivity index (χ0n) is 3.52. The maximum atomic E-state index is 8.55. The quantitative estimate of drug-likeness (QED) is 0.351. The van der Waals surface area contributed by atoms with Crippen LogP contribution in [0.3, 0.4) is 0 Å². The SMILES string of the molecule is O=P([O-])([O-])[O-].[Fe+2].[Mn+2].[Zn+2]. The molecule has 0 saturated carbocycles. The Morgan fingerprint density at radius 2 is 1.12 bits per heavy atom. The molecule has 0 aliphatic heterocycles. The van der Waals surface area contributed by atoms with Gasteiger partial charge < -0.3 is 19.2 Å². The molecule has 0 N–H and O–H groups in total. The first-order valence-electron chi connectivity index (χ1n) is 0.730. The molecular weight excluding hydrogens is 271 g/mol. The molecule has 0 aromatic carbocycles. The molecular formula is FeMnO4PZn+3. The summed E-state index contributed by atoms with van der Waals surface area (Å²) in [6, 6.07) is 0. The molecule has 0 aliphatic rings. The Balaban J connectivity index is -0.0000000267. The van der Waals surface area contributed by atoms with Crippen molar-refractivity contribution in [2.75, 3.05) is 0 Å². The standard InChI is InChI=1S/Fe.Mn.H3O4P.Zn/c;;1-5(2,3)4;/h;;(H3,1,2,3,4);/q2*+2;;+2/p-3. The molecule has 4 nitrogen and oxygen atoms in total. The predicted molar refractivity (Wildman–Crippen MR) is 7.61 cm³/mol. The first-order valence-corrected chi connectivity index (χ1v) is 2.19. The third kappa shape index (κ3) is 113. The monoisotopic (exact) mass is 270 g/mol. The van der Waals surface area contributed by atoms with Crippen LogP contribution in [0, 0.1) is 0 Å². The van der Waals surface area contributed by atoms with Gasteiger partial charge in [0, 0.05) is 0 Å². The number of hydrogen-bond acceptors (Lipinski definition) is 4. The van der Waals surface area contributed by atoms with E-state index in [1.165, 1.54) is 0 Å². The molecule has 0 spiro atoms. The van der Waals surface area contributed by atoms with Gasteiger partial charge >= 0.3 is 53.6 Å². The Morgan fingerprint density at radius 1 is 1.12 bits per heavy atom. The predicted octanol–water partition coefficient (Wildman–Crippen LogP) is -2.83. The van der Waals surface area contributed by atoms with Crippen LogP contribution in [0.1, 0.15) is 0 Å². The molecule has 8 heteroatoms. The fourth-order valence-electron chi connectivity index (χ4n) is 0. The van der Waals surface area contributed by atoms with Crippen molar-refractivity contribution in [1.82, 2.24) is 0 Å². The van der Waals surface area contributed by atoms with Crippen LogP contribution in [-0.4, -0.2) is 0 Å². The summed E-state index contributed by atoms with van der Waals surface area (Å²) in [6.45, 7) is 0. The van der Waals surface area contributed by atoms with Crippen molar-refractivity contribution in [3.8, 4) is 0 Å². The van der Waals surface area contributed by atoms with Crippen molar-refractivity contribution in [2.45, 2.75) is 0 Å². The van der Waals surface area contributed by atoms with E-state index in [4.69, 9.17) is 19.2 Å². The van der Waals surface area contributed by atoms with Crippen LogP contribution in [0.25, 0.3) is 0 Å². The van der Waals surface area contributed by atoms with E-state index >= 15 is 0 Å². The van der Waals surface area contributed by atoms with E-state index in [-0.39, 0.29) is 53.6 Å². The van der Waals surface area contributed by atoms with Gasteiger partial charge in [0.1, 0.15) is 0 Å². The Bertz CT molecular complexity index is 62.2. The third-order valence-electron chi connectivity index (χ3n) is 0. The van der Waals surface area contributed by atoms with Gasteiger partial charge in [0.05, 0.1) is 0 Å². The fourth-order valence-corrected chi connectivity index (χ4v) is 0. The van der Waals surface area contributed by atoms with Crippen LogP contribution in [0.2, 0.25) is 0 Å². The number of phosphoric acid groups is 1. The van der Waals surface area contributed by atoms with Gasteiger partial charge in [-0.1, -0.05) is 0 Å². The Morgan fingerprint density at radius 3 is 1.12 bits per heavy atom. The fraction of sp³-hybridized carbons (Fsp3) is 0. The van der Waals surface area contributed by atoms with E-state index in [0.29, 0.717) is 0 Å². The first kappa shape index (κ1) is 22.6. The molecule has 0 amide bonds. The van der Waals surface area contributed by atoms with E-state index < -0.39 is 7.82 Å². The number of rotatable bonds is 0. The van der Waals surface area contributed by atoms with Crippen LogP contribution in [0.5, 0.6) is 0 Å². The Kier molecular flexibility index (Phi) is 24.7. The van der Waals surface area contributed by atoms with Gasteiger partial charge in [-0.25, -0.2) is 0 Å². The minimum absolute atomic E-state index is 0. The van der Waals surface area contributed by atoms with Gasteiger partial charge in [-0.2, -0.15) is 7.82 Å². The summed E-state index contributed by atoms with van der Waals surface area (Å²) in [5, 5.41) is 0. The molecule has 0 unspecified atom stereocenters. The topological polar surface area (TPSA) is 86.2 Å². The van der Waals surface area contributed by atoms with Crippen molar-refractivity contribution < 1.29 is 72.9 Å². The van der Waals surface area contributed by atoms with Crippen LogP contribution in [0.4, 0.5) is 0 Å².